The van der Waals surface area contributed by atoms with Crippen molar-refractivity contribution < 1.29 is 37.7 Å². The van der Waals surface area contributed by atoms with E-state index in [9.17, 15) is 23.4 Å². The molecule has 11 heteroatoms. The lowest BCUT2D eigenvalue weighted by molar-refractivity contribution is -0.121. The summed E-state index contributed by atoms with van der Waals surface area (Å²) in [5.41, 5.74) is -1.23. The molecule has 3 rings (SSSR count). The summed E-state index contributed by atoms with van der Waals surface area (Å²) < 4.78 is 47.9. The van der Waals surface area contributed by atoms with Gasteiger partial charge in [-0.3, -0.25) is 4.79 Å². The van der Waals surface area contributed by atoms with Crippen molar-refractivity contribution in [2.75, 3.05) is 19.8 Å². The second-order valence-corrected chi connectivity index (χ2v) is 10.1. The van der Waals surface area contributed by atoms with Gasteiger partial charge in [0.2, 0.25) is 5.91 Å². The van der Waals surface area contributed by atoms with E-state index in [-0.39, 0.29) is 38.1 Å². The SMILES string of the molecule is CC(O)(CO)CCOC1CCC2CC(O)C(N3CC(=O)NS3(=O)=O)C(F)C2C1. The minimum atomic E-state index is -4.14. The number of nitrogens with one attached hydrogen (secondary N) is 1. The molecule has 1 aliphatic heterocycles. The third kappa shape index (κ3) is 4.49. The first-order valence-corrected chi connectivity index (χ1v) is 11.1. The van der Waals surface area contributed by atoms with Crippen molar-refractivity contribution in [3.63, 3.8) is 0 Å². The Morgan fingerprint density at radius 1 is 1.36 bits per heavy atom. The number of aliphatic hydroxyl groups is 3. The average Bonchev–Trinajstić information content (AvgIpc) is 2.87. The summed E-state index contributed by atoms with van der Waals surface area (Å²) in [6, 6.07) is -1.29. The van der Waals surface area contributed by atoms with E-state index in [1.807, 2.05) is 4.72 Å². The quantitative estimate of drug-likeness (QED) is 0.432. The number of carbonyl (C=O) groups excluding carboxylic acids is 1. The van der Waals surface area contributed by atoms with Crippen molar-refractivity contribution >= 4 is 16.1 Å². The fraction of sp³-hybridized carbons (Fsp3) is 0.941. The van der Waals surface area contributed by atoms with Gasteiger partial charge in [0.15, 0.2) is 0 Å². The van der Waals surface area contributed by atoms with Crippen molar-refractivity contribution in [2.24, 2.45) is 11.8 Å². The topological polar surface area (TPSA) is 136 Å². The van der Waals surface area contributed by atoms with Crippen LogP contribution in [-0.4, -0.2) is 83.7 Å². The zero-order valence-corrected chi connectivity index (χ0v) is 16.6. The highest BCUT2D eigenvalue weighted by atomic mass is 32.2. The fourth-order valence-electron chi connectivity index (χ4n) is 4.58. The molecule has 0 aromatic rings. The number of hydrogen-bond donors (Lipinski definition) is 4. The van der Waals surface area contributed by atoms with E-state index in [1.165, 1.54) is 6.92 Å². The zero-order chi connectivity index (χ0) is 20.7. The second kappa shape index (κ2) is 8.11. The number of aliphatic hydroxyl groups excluding tert-OH is 2. The fourth-order valence-corrected chi connectivity index (χ4v) is 5.91. The van der Waals surface area contributed by atoms with Crippen LogP contribution in [0.1, 0.15) is 39.0 Å². The van der Waals surface area contributed by atoms with E-state index in [4.69, 9.17) is 9.84 Å². The first kappa shape index (κ1) is 21.8. The van der Waals surface area contributed by atoms with Gasteiger partial charge in [-0.1, -0.05) is 0 Å². The molecule has 1 amide bonds. The molecular weight excluding hydrogens is 395 g/mol. The Morgan fingerprint density at radius 2 is 2.07 bits per heavy atom. The van der Waals surface area contributed by atoms with Gasteiger partial charge in [0.05, 0.1) is 37.0 Å². The molecule has 1 heterocycles. The summed E-state index contributed by atoms with van der Waals surface area (Å²) in [5, 5.41) is 29.3. The highest BCUT2D eigenvalue weighted by Crippen LogP contribution is 2.45. The van der Waals surface area contributed by atoms with Gasteiger partial charge in [0, 0.05) is 13.0 Å². The van der Waals surface area contributed by atoms with Crippen LogP contribution < -0.4 is 4.72 Å². The van der Waals surface area contributed by atoms with Crippen LogP contribution in [-0.2, 0) is 19.7 Å². The van der Waals surface area contributed by atoms with Crippen LogP contribution in [0.4, 0.5) is 4.39 Å². The lowest BCUT2D eigenvalue weighted by Gasteiger charge is -2.47. The summed E-state index contributed by atoms with van der Waals surface area (Å²) in [6.07, 6.45) is -0.769. The molecule has 0 aromatic carbocycles. The van der Waals surface area contributed by atoms with Crippen LogP contribution >= 0.6 is 0 Å². The highest BCUT2D eigenvalue weighted by molar-refractivity contribution is 7.88. The molecule has 1 saturated heterocycles. The van der Waals surface area contributed by atoms with E-state index in [2.05, 4.69) is 0 Å². The first-order chi connectivity index (χ1) is 13.0. The largest absolute Gasteiger partial charge is 0.393 e. The molecule has 0 aromatic heterocycles. The van der Waals surface area contributed by atoms with Crippen LogP contribution in [0, 0.1) is 11.8 Å². The summed E-state index contributed by atoms with van der Waals surface area (Å²) >= 11 is 0. The van der Waals surface area contributed by atoms with Gasteiger partial charge in [-0.25, -0.2) is 9.11 Å². The molecule has 0 spiro atoms. The number of hydrogen-bond acceptors (Lipinski definition) is 7. The molecular formula is C17H29FN2O7S. The molecule has 2 aliphatic carbocycles. The molecule has 28 heavy (non-hydrogen) atoms. The number of nitrogens with zero attached hydrogens (tertiary/aromatic N) is 1. The van der Waals surface area contributed by atoms with Crippen LogP contribution in [0.2, 0.25) is 0 Å². The van der Waals surface area contributed by atoms with Crippen LogP contribution in [0.5, 0.6) is 0 Å². The van der Waals surface area contributed by atoms with Crippen molar-refractivity contribution in [1.82, 2.24) is 9.03 Å². The predicted molar refractivity (Wildman–Crippen MR) is 96.0 cm³/mol. The van der Waals surface area contributed by atoms with Gasteiger partial charge in [0.25, 0.3) is 0 Å². The Hall–Kier alpha value is -0.850. The molecule has 2 saturated carbocycles. The van der Waals surface area contributed by atoms with Crippen molar-refractivity contribution in [1.29, 1.82) is 0 Å². The van der Waals surface area contributed by atoms with E-state index < -0.39 is 52.5 Å². The maximum absolute atomic E-state index is 15.4. The molecule has 0 bridgehead atoms. The van der Waals surface area contributed by atoms with Crippen LogP contribution in [0.3, 0.4) is 0 Å². The van der Waals surface area contributed by atoms with Crippen LogP contribution in [0.25, 0.3) is 0 Å². The molecule has 9 nitrogen and oxygen atoms in total. The summed E-state index contributed by atoms with van der Waals surface area (Å²) in [6.45, 7) is 0.855. The highest BCUT2D eigenvalue weighted by Gasteiger charge is 2.53. The van der Waals surface area contributed by atoms with E-state index in [0.717, 1.165) is 4.31 Å². The summed E-state index contributed by atoms with van der Waals surface area (Å²) in [7, 11) is -4.14. The molecule has 7 unspecified atom stereocenters. The van der Waals surface area contributed by atoms with Crippen molar-refractivity contribution in [2.45, 2.75) is 69.1 Å². The number of fused-ring (bicyclic) bond motifs is 1. The number of alkyl halides is 1. The number of amides is 1. The zero-order valence-electron chi connectivity index (χ0n) is 15.8. The molecule has 4 N–H and O–H groups in total. The Kier molecular flexibility index (Phi) is 6.33. The summed E-state index contributed by atoms with van der Waals surface area (Å²) in [4.78, 5) is 11.5. The Morgan fingerprint density at radius 3 is 2.68 bits per heavy atom. The Balaban J connectivity index is 1.65. The van der Waals surface area contributed by atoms with Gasteiger partial charge in [0.1, 0.15) is 6.17 Å². The number of ether oxygens (including phenoxy) is 1. The molecule has 3 aliphatic rings. The second-order valence-electron chi connectivity index (χ2n) is 8.45. The maximum Gasteiger partial charge on any atom is 0.304 e. The number of carbonyl (C=O) groups is 1. The Bertz CT molecular complexity index is 689. The molecule has 3 fully saturated rings. The molecule has 7 atom stereocenters. The predicted octanol–water partition coefficient (Wildman–Crippen LogP) is -0.931. The van der Waals surface area contributed by atoms with Gasteiger partial charge in [-0.2, -0.15) is 12.7 Å². The molecule has 0 radical (unpaired) electrons. The minimum Gasteiger partial charge on any atom is -0.393 e. The van der Waals surface area contributed by atoms with Gasteiger partial charge in [-0.15, -0.1) is 0 Å². The third-order valence-electron chi connectivity index (χ3n) is 6.19. The van der Waals surface area contributed by atoms with Crippen molar-refractivity contribution in [3.8, 4) is 0 Å². The van der Waals surface area contributed by atoms with Gasteiger partial charge < -0.3 is 20.1 Å². The third-order valence-corrected chi connectivity index (χ3v) is 7.67. The number of rotatable bonds is 6. The van der Waals surface area contributed by atoms with Gasteiger partial charge in [-0.05, 0) is 44.4 Å². The van der Waals surface area contributed by atoms with E-state index in [0.29, 0.717) is 19.3 Å². The summed E-state index contributed by atoms with van der Waals surface area (Å²) in [5.74, 6) is -1.28. The van der Waals surface area contributed by atoms with Crippen LogP contribution in [0.15, 0.2) is 0 Å². The monoisotopic (exact) mass is 424 g/mol. The maximum atomic E-state index is 15.4. The Labute approximate surface area is 164 Å². The van der Waals surface area contributed by atoms with Gasteiger partial charge >= 0.3 is 10.2 Å². The molecule has 162 valence electrons. The number of halogens is 1. The average molecular weight is 424 g/mol. The first-order valence-electron chi connectivity index (χ1n) is 9.63. The van der Waals surface area contributed by atoms with Crippen molar-refractivity contribution in [3.05, 3.63) is 0 Å². The lowest BCUT2D eigenvalue weighted by atomic mass is 9.66. The minimum absolute atomic E-state index is 0.0735. The normalized spacial score (nSPS) is 40.5. The lowest BCUT2D eigenvalue weighted by Crippen LogP contribution is -2.59. The van der Waals surface area contributed by atoms with E-state index >= 15 is 4.39 Å². The van der Waals surface area contributed by atoms with E-state index in [1.54, 1.807) is 0 Å². The smallest absolute Gasteiger partial charge is 0.304 e. The standard InChI is InChI=1S/C17H29FN2O7S/c1-17(24,9-21)4-5-27-11-3-2-10-6-13(22)16(15(18)12(10)7-11)20-8-14(23)19-28(20,25)26/h10-13,15-16,21-22,24H,2-9H2,1H3,(H,19,23).